The van der Waals surface area contributed by atoms with Crippen LogP contribution >= 0.6 is 11.8 Å². The van der Waals surface area contributed by atoms with E-state index in [0.29, 0.717) is 12.0 Å². The topological polar surface area (TPSA) is 26.0 Å². The van der Waals surface area contributed by atoms with Gasteiger partial charge in [0.25, 0.3) is 0 Å². The van der Waals surface area contributed by atoms with E-state index in [9.17, 15) is 0 Å². The molecule has 0 saturated heterocycles. The second-order valence-corrected chi connectivity index (χ2v) is 4.77. The molecule has 2 N–H and O–H groups in total. The van der Waals surface area contributed by atoms with Gasteiger partial charge in [0.15, 0.2) is 0 Å². The van der Waals surface area contributed by atoms with Gasteiger partial charge in [-0.2, -0.15) is 0 Å². The van der Waals surface area contributed by atoms with Crippen molar-refractivity contribution in [3.8, 4) is 0 Å². The average molecular weight is 209 g/mol. The lowest BCUT2D eigenvalue weighted by molar-refractivity contribution is 0.475. The summed E-state index contributed by atoms with van der Waals surface area (Å²) in [7, 11) is 0. The highest BCUT2D eigenvalue weighted by Gasteiger charge is 2.10. The molecule has 0 aliphatic carbocycles. The third kappa shape index (κ3) is 3.72. The van der Waals surface area contributed by atoms with E-state index in [1.165, 1.54) is 4.90 Å². The van der Waals surface area contributed by atoms with Crippen molar-refractivity contribution < 1.29 is 0 Å². The van der Waals surface area contributed by atoms with Gasteiger partial charge in [-0.25, -0.2) is 0 Å². The molecule has 0 saturated carbocycles. The number of hydrogen-bond donors (Lipinski definition) is 1. The molecule has 0 amide bonds. The Labute approximate surface area is 91.1 Å². The van der Waals surface area contributed by atoms with E-state index in [1.807, 2.05) is 17.8 Å². The van der Waals surface area contributed by atoms with Crippen LogP contribution in [0.15, 0.2) is 35.2 Å². The Morgan fingerprint density at radius 2 is 1.93 bits per heavy atom. The van der Waals surface area contributed by atoms with Crippen LogP contribution in [0.2, 0.25) is 0 Å². The fourth-order valence-electron chi connectivity index (χ4n) is 1.18. The van der Waals surface area contributed by atoms with Crippen LogP contribution in [0.5, 0.6) is 0 Å². The van der Waals surface area contributed by atoms with E-state index >= 15 is 0 Å². The molecule has 1 nitrogen and oxygen atoms in total. The highest BCUT2D eigenvalue weighted by atomic mass is 32.2. The number of hydrogen-bond acceptors (Lipinski definition) is 2. The molecule has 0 fully saturated rings. The van der Waals surface area contributed by atoms with Crippen LogP contribution in [0.3, 0.4) is 0 Å². The lowest BCUT2D eigenvalue weighted by Crippen LogP contribution is -2.30. The van der Waals surface area contributed by atoms with E-state index < -0.39 is 0 Å². The molecule has 0 aliphatic heterocycles. The quantitative estimate of drug-likeness (QED) is 0.754. The first-order chi connectivity index (χ1) is 6.74. The molecule has 0 radical (unpaired) electrons. The zero-order valence-electron chi connectivity index (χ0n) is 8.94. The molecule has 2 heteroatoms. The lowest BCUT2D eigenvalue weighted by Gasteiger charge is -2.17. The zero-order chi connectivity index (χ0) is 10.4. The normalized spacial score (nSPS) is 15.1. The second kappa shape index (κ2) is 6.10. The summed E-state index contributed by atoms with van der Waals surface area (Å²) in [6.45, 7) is 4.41. The van der Waals surface area contributed by atoms with Crippen molar-refractivity contribution in [3.05, 3.63) is 30.3 Å². The Kier molecular flexibility index (Phi) is 5.05. The number of benzene rings is 1. The molecule has 2 atom stereocenters. The maximum Gasteiger partial charge on any atom is 0.0159 e. The fourth-order valence-corrected chi connectivity index (χ4v) is 2.24. The minimum Gasteiger partial charge on any atom is -0.327 e. The predicted molar refractivity (Wildman–Crippen MR) is 64.6 cm³/mol. The minimum atomic E-state index is 0.310. The van der Waals surface area contributed by atoms with Crippen molar-refractivity contribution in [3.63, 3.8) is 0 Å². The van der Waals surface area contributed by atoms with Gasteiger partial charge in [0.2, 0.25) is 0 Å². The number of rotatable bonds is 5. The number of thioether (sulfide) groups is 1. The summed E-state index contributed by atoms with van der Waals surface area (Å²) in [4.78, 5) is 1.31. The zero-order valence-corrected chi connectivity index (χ0v) is 9.76. The van der Waals surface area contributed by atoms with Gasteiger partial charge < -0.3 is 5.73 Å². The second-order valence-electron chi connectivity index (χ2n) is 3.67. The smallest absolute Gasteiger partial charge is 0.0159 e. The van der Waals surface area contributed by atoms with Crippen molar-refractivity contribution in [2.45, 2.75) is 31.2 Å². The Morgan fingerprint density at radius 3 is 2.50 bits per heavy atom. The van der Waals surface area contributed by atoms with Crippen LogP contribution in [-0.2, 0) is 0 Å². The average Bonchev–Trinajstić information content (AvgIpc) is 2.26. The van der Waals surface area contributed by atoms with Crippen LogP contribution in [0.1, 0.15) is 20.3 Å². The van der Waals surface area contributed by atoms with E-state index in [0.717, 1.165) is 12.2 Å². The largest absolute Gasteiger partial charge is 0.327 e. The summed E-state index contributed by atoms with van der Waals surface area (Å²) in [5, 5.41) is 0. The van der Waals surface area contributed by atoms with Gasteiger partial charge in [-0.05, 0) is 18.1 Å². The van der Waals surface area contributed by atoms with Crippen LogP contribution in [-0.4, -0.2) is 11.8 Å². The molecule has 1 aromatic carbocycles. The molecule has 78 valence electrons. The first-order valence-corrected chi connectivity index (χ1v) is 6.16. The Morgan fingerprint density at radius 1 is 1.29 bits per heavy atom. The van der Waals surface area contributed by atoms with Gasteiger partial charge >= 0.3 is 0 Å². The SMILES string of the molecule is CC[C@H](C)[C@@H](N)CSc1ccccc1. The minimum absolute atomic E-state index is 0.310. The molecule has 0 bridgehead atoms. The number of nitrogens with two attached hydrogens (primary N) is 1. The van der Waals surface area contributed by atoms with Gasteiger partial charge in [0, 0.05) is 16.7 Å². The summed E-state index contributed by atoms with van der Waals surface area (Å²) in [6, 6.07) is 10.7. The molecule has 1 rings (SSSR count). The van der Waals surface area contributed by atoms with Gasteiger partial charge in [-0.15, -0.1) is 11.8 Å². The third-order valence-electron chi connectivity index (χ3n) is 2.56. The van der Waals surface area contributed by atoms with Gasteiger partial charge in [-0.3, -0.25) is 0 Å². The van der Waals surface area contributed by atoms with Crippen LogP contribution < -0.4 is 5.73 Å². The molecule has 0 unspecified atom stereocenters. The maximum absolute atomic E-state index is 6.05. The predicted octanol–water partition coefficient (Wildman–Crippen LogP) is 3.15. The van der Waals surface area contributed by atoms with E-state index in [2.05, 4.69) is 38.1 Å². The van der Waals surface area contributed by atoms with E-state index in [4.69, 9.17) is 5.73 Å². The summed E-state index contributed by atoms with van der Waals surface area (Å²) in [5.41, 5.74) is 6.05. The van der Waals surface area contributed by atoms with Crippen molar-refractivity contribution in [1.29, 1.82) is 0 Å². The maximum atomic E-state index is 6.05. The molecular formula is C12H19NS. The van der Waals surface area contributed by atoms with Gasteiger partial charge in [0.1, 0.15) is 0 Å². The van der Waals surface area contributed by atoms with Gasteiger partial charge in [0.05, 0.1) is 0 Å². The van der Waals surface area contributed by atoms with Crippen molar-refractivity contribution in [2.24, 2.45) is 11.7 Å². The molecule has 0 aliphatic rings. The van der Waals surface area contributed by atoms with Crippen LogP contribution in [0, 0.1) is 5.92 Å². The molecule has 0 spiro atoms. The summed E-state index contributed by atoms with van der Waals surface area (Å²) in [5.74, 6) is 1.63. The summed E-state index contributed by atoms with van der Waals surface area (Å²) >= 11 is 1.85. The first kappa shape index (κ1) is 11.6. The van der Waals surface area contributed by atoms with Crippen molar-refractivity contribution >= 4 is 11.8 Å². The van der Waals surface area contributed by atoms with Crippen LogP contribution in [0.25, 0.3) is 0 Å². The van der Waals surface area contributed by atoms with E-state index in [-0.39, 0.29) is 0 Å². The molecule has 1 aromatic rings. The van der Waals surface area contributed by atoms with Crippen LogP contribution in [0.4, 0.5) is 0 Å². The standard InChI is InChI=1S/C12H19NS/c1-3-10(2)12(13)9-14-11-7-5-4-6-8-11/h4-8,10,12H,3,9,13H2,1-2H3/t10-,12-/m0/s1. The Hall–Kier alpha value is -0.470. The summed E-state index contributed by atoms with van der Waals surface area (Å²) < 4.78 is 0. The van der Waals surface area contributed by atoms with Crippen molar-refractivity contribution in [2.75, 3.05) is 5.75 Å². The monoisotopic (exact) mass is 209 g/mol. The highest BCUT2D eigenvalue weighted by molar-refractivity contribution is 7.99. The highest BCUT2D eigenvalue weighted by Crippen LogP contribution is 2.20. The third-order valence-corrected chi connectivity index (χ3v) is 3.72. The Bertz CT molecular complexity index is 248. The first-order valence-electron chi connectivity index (χ1n) is 5.17. The fraction of sp³-hybridized carbons (Fsp3) is 0.500. The molecular weight excluding hydrogens is 190 g/mol. The lowest BCUT2D eigenvalue weighted by atomic mass is 10.0. The molecule has 0 heterocycles. The Balaban J connectivity index is 2.34. The van der Waals surface area contributed by atoms with Gasteiger partial charge in [-0.1, -0.05) is 38.5 Å². The van der Waals surface area contributed by atoms with Crippen molar-refractivity contribution in [1.82, 2.24) is 0 Å². The van der Waals surface area contributed by atoms with E-state index in [1.54, 1.807) is 0 Å². The summed E-state index contributed by atoms with van der Waals surface area (Å²) in [6.07, 6.45) is 1.16. The molecule has 14 heavy (non-hydrogen) atoms. The molecule has 0 aromatic heterocycles.